The van der Waals surface area contributed by atoms with Gasteiger partial charge in [-0.25, -0.2) is 0 Å². The molecule has 0 aliphatic heterocycles. The smallest absolute Gasteiger partial charge is 0.292 e. The van der Waals surface area contributed by atoms with E-state index in [0.29, 0.717) is 5.56 Å². The van der Waals surface area contributed by atoms with Crippen molar-refractivity contribution in [3.8, 4) is 0 Å². The number of allylic oxidation sites excluding steroid dienone is 3. The molecule has 22 heavy (non-hydrogen) atoms. The first-order chi connectivity index (χ1) is 10.6. The zero-order chi connectivity index (χ0) is 15.9. The number of hydrogen-bond donors (Lipinski definition) is 2. The molecule has 0 spiro atoms. The molecule has 1 fully saturated rings. The van der Waals surface area contributed by atoms with Gasteiger partial charge in [-0.2, -0.15) is 0 Å². The average Bonchev–Trinajstić information content (AvgIpc) is 2.97. The van der Waals surface area contributed by atoms with E-state index in [0.717, 1.165) is 37.2 Å². The van der Waals surface area contributed by atoms with Crippen molar-refractivity contribution in [1.29, 1.82) is 0 Å². The fourth-order valence-corrected chi connectivity index (χ4v) is 2.76. The van der Waals surface area contributed by atoms with E-state index in [2.05, 4.69) is 17.2 Å². The van der Waals surface area contributed by atoms with E-state index >= 15 is 0 Å². The second-order valence-electron chi connectivity index (χ2n) is 5.97. The summed E-state index contributed by atoms with van der Waals surface area (Å²) >= 11 is 0. The summed E-state index contributed by atoms with van der Waals surface area (Å²) < 4.78 is 0. The first kappa shape index (κ1) is 16.3. The molecule has 0 unspecified atom stereocenters. The molecule has 4 nitrogen and oxygen atoms in total. The Labute approximate surface area is 131 Å². The van der Waals surface area contributed by atoms with E-state index in [1.807, 2.05) is 31.2 Å². The highest BCUT2D eigenvalue weighted by Gasteiger charge is 2.24. The molecular weight excluding hydrogens is 276 g/mol. The van der Waals surface area contributed by atoms with Gasteiger partial charge < -0.3 is 10.3 Å². The molecule has 1 amide bonds. The molecule has 1 aromatic heterocycles. The summed E-state index contributed by atoms with van der Waals surface area (Å²) in [5.74, 6) is -0.253. The Morgan fingerprint density at radius 1 is 1.18 bits per heavy atom. The molecular formula is C18H24N2O2. The Kier molecular flexibility index (Phi) is 5.75. The molecule has 0 bridgehead atoms. The van der Waals surface area contributed by atoms with Crippen LogP contribution in [0.5, 0.6) is 0 Å². The largest absolute Gasteiger partial charge is 0.366 e. The van der Waals surface area contributed by atoms with Crippen LogP contribution in [0.2, 0.25) is 0 Å². The highest BCUT2D eigenvalue weighted by molar-refractivity contribution is 6.43. The lowest BCUT2D eigenvalue weighted by atomic mass is 9.87. The lowest BCUT2D eigenvalue weighted by Gasteiger charge is -2.26. The second-order valence-corrected chi connectivity index (χ2v) is 5.97. The van der Waals surface area contributed by atoms with Crippen LogP contribution in [-0.2, 0) is 4.79 Å². The number of rotatable bonds is 5. The van der Waals surface area contributed by atoms with Crippen LogP contribution in [0.1, 0.15) is 55.5 Å². The van der Waals surface area contributed by atoms with E-state index in [9.17, 15) is 9.59 Å². The second kappa shape index (κ2) is 7.78. The Morgan fingerprint density at radius 3 is 2.59 bits per heavy atom. The summed E-state index contributed by atoms with van der Waals surface area (Å²) in [5.41, 5.74) is 1.15. The van der Waals surface area contributed by atoms with Gasteiger partial charge in [-0.3, -0.25) is 9.59 Å². The highest BCUT2D eigenvalue weighted by Crippen LogP contribution is 2.23. The summed E-state index contributed by atoms with van der Waals surface area (Å²) in [7, 11) is 0. The Bertz CT molecular complexity index is 576. The third-order valence-corrected chi connectivity index (χ3v) is 4.16. The van der Waals surface area contributed by atoms with Gasteiger partial charge in [-0.1, -0.05) is 31.2 Å². The third kappa shape index (κ3) is 4.20. The number of hydrogen-bond acceptors (Lipinski definition) is 2. The van der Waals surface area contributed by atoms with Gasteiger partial charge in [0.05, 0.1) is 5.56 Å². The van der Waals surface area contributed by atoms with Crippen LogP contribution >= 0.6 is 0 Å². The van der Waals surface area contributed by atoms with Crippen LogP contribution in [-0.4, -0.2) is 22.7 Å². The number of Topliss-reactive ketones (excluding diaryl/α,β-unsaturated/α-hetero) is 1. The number of ketones is 1. The van der Waals surface area contributed by atoms with E-state index in [1.54, 1.807) is 12.4 Å². The van der Waals surface area contributed by atoms with Crippen LogP contribution in [0.25, 0.3) is 6.08 Å². The van der Waals surface area contributed by atoms with Gasteiger partial charge in [0.15, 0.2) is 0 Å². The van der Waals surface area contributed by atoms with Crippen molar-refractivity contribution >= 4 is 17.8 Å². The molecule has 118 valence electrons. The van der Waals surface area contributed by atoms with E-state index in [4.69, 9.17) is 0 Å². The summed E-state index contributed by atoms with van der Waals surface area (Å²) in [6, 6.07) is 0.133. The molecule has 0 aromatic carbocycles. The van der Waals surface area contributed by atoms with Crippen LogP contribution in [0.3, 0.4) is 0 Å². The van der Waals surface area contributed by atoms with Gasteiger partial charge >= 0.3 is 0 Å². The molecule has 0 atom stereocenters. The SMILES string of the molecule is C/C=C\C=C/c1c[nH]cc1C(=O)C(=O)NC1CCC(C)CC1. The Balaban J connectivity index is 1.99. The number of H-pyrrole nitrogens is 1. The van der Waals surface area contributed by atoms with Gasteiger partial charge in [0.25, 0.3) is 11.7 Å². The molecule has 0 saturated heterocycles. The minimum Gasteiger partial charge on any atom is -0.366 e. The summed E-state index contributed by atoms with van der Waals surface area (Å²) in [6.07, 6.45) is 14.9. The zero-order valence-electron chi connectivity index (χ0n) is 13.3. The summed E-state index contributed by atoms with van der Waals surface area (Å²) in [4.78, 5) is 27.4. The lowest BCUT2D eigenvalue weighted by Crippen LogP contribution is -2.41. The summed E-state index contributed by atoms with van der Waals surface area (Å²) in [5, 5.41) is 2.88. The molecule has 4 heteroatoms. The Morgan fingerprint density at radius 2 is 1.91 bits per heavy atom. The summed E-state index contributed by atoms with van der Waals surface area (Å²) in [6.45, 7) is 4.15. The fourth-order valence-electron chi connectivity index (χ4n) is 2.76. The number of nitrogens with one attached hydrogen (secondary N) is 2. The predicted molar refractivity (Wildman–Crippen MR) is 88.5 cm³/mol. The van der Waals surface area contributed by atoms with Crippen molar-refractivity contribution < 1.29 is 9.59 Å². The van der Waals surface area contributed by atoms with Crippen molar-refractivity contribution in [2.24, 2.45) is 5.92 Å². The fraction of sp³-hybridized carbons (Fsp3) is 0.444. The maximum absolute atomic E-state index is 12.3. The maximum Gasteiger partial charge on any atom is 0.292 e. The van der Waals surface area contributed by atoms with Crippen LogP contribution in [0.15, 0.2) is 30.6 Å². The number of aromatic amines is 1. The van der Waals surface area contributed by atoms with Gasteiger partial charge in [0, 0.05) is 24.0 Å². The van der Waals surface area contributed by atoms with E-state index in [-0.39, 0.29) is 6.04 Å². The van der Waals surface area contributed by atoms with Crippen molar-refractivity contribution in [3.05, 3.63) is 41.7 Å². The normalized spacial score (nSPS) is 22.3. The topological polar surface area (TPSA) is 62.0 Å². The quantitative estimate of drug-likeness (QED) is 0.497. The standard InChI is InChI=1S/C18H24N2O2/c1-3-4-5-6-14-11-19-12-16(14)17(21)18(22)20-15-9-7-13(2)8-10-15/h3-6,11-13,15,19H,7-10H2,1-2H3,(H,20,22)/b4-3-,6-5-. The maximum atomic E-state index is 12.3. The first-order valence-corrected chi connectivity index (χ1v) is 7.93. The number of aromatic nitrogens is 1. The Hall–Kier alpha value is -2.10. The average molecular weight is 300 g/mol. The minimum absolute atomic E-state index is 0.133. The van der Waals surface area contributed by atoms with Crippen molar-refractivity contribution in [1.82, 2.24) is 10.3 Å². The molecule has 1 saturated carbocycles. The predicted octanol–water partition coefficient (Wildman–Crippen LogP) is 3.48. The molecule has 1 aliphatic carbocycles. The number of carbonyl (C=O) groups is 2. The number of carbonyl (C=O) groups excluding carboxylic acids is 2. The number of amides is 1. The van der Waals surface area contributed by atoms with Crippen LogP contribution in [0, 0.1) is 5.92 Å². The van der Waals surface area contributed by atoms with Crippen LogP contribution in [0.4, 0.5) is 0 Å². The molecule has 0 radical (unpaired) electrons. The van der Waals surface area contributed by atoms with Crippen molar-refractivity contribution in [3.63, 3.8) is 0 Å². The minimum atomic E-state index is -0.500. The molecule has 1 aliphatic rings. The van der Waals surface area contributed by atoms with Crippen LogP contribution < -0.4 is 5.32 Å². The van der Waals surface area contributed by atoms with Crippen molar-refractivity contribution in [2.75, 3.05) is 0 Å². The zero-order valence-corrected chi connectivity index (χ0v) is 13.3. The first-order valence-electron chi connectivity index (χ1n) is 7.93. The molecule has 1 aromatic rings. The highest BCUT2D eigenvalue weighted by atomic mass is 16.2. The van der Waals surface area contributed by atoms with E-state index < -0.39 is 11.7 Å². The lowest BCUT2D eigenvalue weighted by molar-refractivity contribution is -0.117. The van der Waals surface area contributed by atoms with Gasteiger partial charge in [0.1, 0.15) is 0 Å². The van der Waals surface area contributed by atoms with Gasteiger partial charge in [-0.05, 0) is 38.5 Å². The third-order valence-electron chi connectivity index (χ3n) is 4.16. The molecule has 2 N–H and O–H groups in total. The van der Waals surface area contributed by atoms with Gasteiger partial charge in [-0.15, -0.1) is 0 Å². The molecule has 2 rings (SSSR count). The van der Waals surface area contributed by atoms with Crippen molar-refractivity contribution in [2.45, 2.75) is 45.6 Å². The van der Waals surface area contributed by atoms with Gasteiger partial charge in [0.2, 0.25) is 0 Å². The monoisotopic (exact) mass is 300 g/mol. The van der Waals surface area contributed by atoms with E-state index in [1.165, 1.54) is 0 Å². The molecule has 1 heterocycles.